The maximum atomic E-state index is 12.2. The van der Waals surface area contributed by atoms with Crippen LogP contribution in [0.25, 0.3) is 0 Å². The highest BCUT2D eigenvalue weighted by Crippen LogP contribution is 2.32. The predicted molar refractivity (Wildman–Crippen MR) is 45.4 cm³/mol. The summed E-state index contributed by atoms with van der Waals surface area (Å²) in [7, 11) is 0. The molecular formula is C7H9FS2. The zero-order valence-electron chi connectivity index (χ0n) is 5.98. The van der Waals surface area contributed by atoms with Gasteiger partial charge in [-0.05, 0) is 24.3 Å². The molecule has 1 aromatic rings. The first-order valence-corrected chi connectivity index (χ1v) is 4.74. The van der Waals surface area contributed by atoms with Crippen molar-refractivity contribution < 1.29 is 3.89 Å². The molecule has 0 aliphatic rings. The van der Waals surface area contributed by atoms with Crippen LogP contribution in [-0.2, 0) is 6.42 Å². The van der Waals surface area contributed by atoms with Crippen LogP contribution in [0, 0.1) is 6.92 Å². The highest BCUT2D eigenvalue weighted by atomic mass is 32.2. The van der Waals surface area contributed by atoms with Crippen molar-refractivity contribution in [3.05, 3.63) is 15.8 Å². The van der Waals surface area contributed by atoms with Crippen LogP contribution in [-0.4, -0.2) is 0 Å². The topological polar surface area (TPSA) is 0 Å². The Bertz CT molecular complexity index is 217. The molecule has 0 fully saturated rings. The van der Waals surface area contributed by atoms with Crippen LogP contribution in [0.3, 0.4) is 0 Å². The van der Waals surface area contributed by atoms with Crippen molar-refractivity contribution in [1.29, 1.82) is 0 Å². The van der Waals surface area contributed by atoms with Gasteiger partial charge in [0.1, 0.15) is 0 Å². The largest absolute Gasteiger partial charge is 0.160 e. The van der Waals surface area contributed by atoms with Crippen LogP contribution >= 0.6 is 23.5 Å². The molecule has 0 nitrogen and oxygen atoms in total. The van der Waals surface area contributed by atoms with E-state index >= 15 is 0 Å². The number of aryl methyl sites for hydroxylation is 2. The minimum absolute atomic E-state index is 0.364. The highest BCUT2D eigenvalue weighted by Gasteiger charge is 2.06. The summed E-state index contributed by atoms with van der Waals surface area (Å²) in [6.07, 6.45) is 0.935. The van der Waals surface area contributed by atoms with E-state index in [2.05, 4.69) is 0 Å². The van der Waals surface area contributed by atoms with Gasteiger partial charge in [0.05, 0.1) is 17.0 Å². The van der Waals surface area contributed by atoms with Crippen LogP contribution in [0.15, 0.2) is 10.3 Å². The second-order valence-electron chi connectivity index (χ2n) is 2.10. The SMILES string of the molecule is CCc1scc(C)c1SF. The van der Waals surface area contributed by atoms with Crippen molar-refractivity contribution in [2.45, 2.75) is 25.2 Å². The summed E-state index contributed by atoms with van der Waals surface area (Å²) >= 11 is 2.00. The first kappa shape index (κ1) is 8.08. The zero-order valence-corrected chi connectivity index (χ0v) is 7.61. The van der Waals surface area contributed by atoms with Gasteiger partial charge in [0.25, 0.3) is 0 Å². The summed E-state index contributed by atoms with van der Waals surface area (Å²) in [5, 5.41) is 2.00. The standard InChI is InChI=1S/C7H9FS2/c1-3-6-7(10-8)5(2)4-9-6/h4H,3H2,1-2H3. The highest BCUT2D eigenvalue weighted by molar-refractivity contribution is 7.94. The summed E-state index contributed by atoms with van der Waals surface area (Å²) in [5.74, 6) is 0. The van der Waals surface area contributed by atoms with E-state index in [-0.39, 0.29) is 0 Å². The summed E-state index contributed by atoms with van der Waals surface area (Å²) in [6.45, 7) is 3.99. The average molecular weight is 176 g/mol. The van der Waals surface area contributed by atoms with E-state index < -0.39 is 0 Å². The Morgan fingerprint density at radius 3 is 2.80 bits per heavy atom. The van der Waals surface area contributed by atoms with Crippen molar-refractivity contribution in [3.63, 3.8) is 0 Å². The monoisotopic (exact) mass is 176 g/mol. The number of hydrogen-bond donors (Lipinski definition) is 0. The van der Waals surface area contributed by atoms with Crippen LogP contribution in [0.2, 0.25) is 0 Å². The Morgan fingerprint density at radius 2 is 2.40 bits per heavy atom. The molecule has 0 N–H and O–H groups in total. The molecule has 0 radical (unpaired) electrons. The Balaban J connectivity index is 3.01. The van der Waals surface area contributed by atoms with Gasteiger partial charge in [-0.2, -0.15) is 3.89 Å². The van der Waals surface area contributed by atoms with Gasteiger partial charge in [-0.3, -0.25) is 0 Å². The smallest absolute Gasteiger partial charge is 0.0826 e. The maximum Gasteiger partial charge on any atom is 0.0826 e. The number of hydrogen-bond acceptors (Lipinski definition) is 2. The number of thiophene rings is 1. The molecule has 0 saturated heterocycles. The lowest BCUT2D eigenvalue weighted by atomic mass is 10.3. The molecule has 0 unspecified atom stereocenters. The average Bonchev–Trinajstić information content (AvgIpc) is 2.30. The lowest BCUT2D eigenvalue weighted by Gasteiger charge is -1.93. The maximum absolute atomic E-state index is 12.2. The third-order valence-corrected chi connectivity index (χ3v) is 3.49. The molecule has 0 aromatic carbocycles. The molecule has 3 heteroatoms. The van der Waals surface area contributed by atoms with Crippen molar-refractivity contribution in [1.82, 2.24) is 0 Å². The van der Waals surface area contributed by atoms with Gasteiger partial charge in [-0.1, -0.05) is 6.92 Å². The molecule has 1 aromatic heterocycles. The molecule has 0 aliphatic carbocycles. The van der Waals surface area contributed by atoms with E-state index in [9.17, 15) is 3.89 Å². The van der Waals surface area contributed by atoms with Gasteiger partial charge in [0.2, 0.25) is 0 Å². The summed E-state index contributed by atoms with van der Waals surface area (Å²) < 4.78 is 12.2. The molecule has 10 heavy (non-hydrogen) atoms. The van der Waals surface area contributed by atoms with Gasteiger partial charge in [0, 0.05) is 4.88 Å². The van der Waals surface area contributed by atoms with E-state index in [1.807, 2.05) is 19.2 Å². The van der Waals surface area contributed by atoms with E-state index in [1.54, 1.807) is 11.3 Å². The van der Waals surface area contributed by atoms with Crippen molar-refractivity contribution in [3.8, 4) is 0 Å². The normalized spacial score (nSPS) is 10.3. The third kappa shape index (κ3) is 1.35. The lowest BCUT2D eigenvalue weighted by molar-refractivity contribution is 0.927. The summed E-state index contributed by atoms with van der Waals surface area (Å²) in [5.41, 5.74) is 1.06. The first-order valence-electron chi connectivity index (χ1n) is 3.15. The quantitative estimate of drug-likeness (QED) is 0.663. The van der Waals surface area contributed by atoms with Gasteiger partial charge < -0.3 is 0 Å². The Morgan fingerprint density at radius 1 is 1.70 bits per heavy atom. The van der Waals surface area contributed by atoms with Gasteiger partial charge in [-0.15, -0.1) is 11.3 Å². The fourth-order valence-electron chi connectivity index (χ4n) is 0.834. The zero-order chi connectivity index (χ0) is 7.56. The van der Waals surface area contributed by atoms with Gasteiger partial charge in [0.15, 0.2) is 0 Å². The predicted octanol–water partition coefficient (Wildman–Crippen LogP) is 3.60. The molecule has 0 atom stereocenters. The van der Waals surface area contributed by atoms with Crippen LogP contribution < -0.4 is 0 Å². The number of halogens is 1. The second-order valence-corrected chi connectivity index (χ2v) is 3.63. The van der Waals surface area contributed by atoms with E-state index in [0.717, 1.165) is 21.8 Å². The van der Waals surface area contributed by atoms with Gasteiger partial charge >= 0.3 is 0 Å². The molecule has 0 saturated carbocycles. The van der Waals surface area contributed by atoms with Crippen LogP contribution in [0.4, 0.5) is 3.89 Å². The number of rotatable bonds is 2. The van der Waals surface area contributed by atoms with Crippen molar-refractivity contribution >= 4 is 23.5 Å². The van der Waals surface area contributed by atoms with Crippen molar-refractivity contribution in [2.75, 3.05) is 0 Å². The Kier molecular flexibility index (Phi) is 2.74. The molecule has 0 spiro atoms. The van der Waals surface area contributed by atoms with Crippen LogP contribution in [0.1, 0.15) is 17.4 Å². The van der Waals surface area contributed by atoms with E-state index in [4.69, 9.17) is 0 Å². The van der Waals surface area contributed by atoms with Gasteiger partial charge in [-0.25, -0.2) is 0 Å². The Labute approximate surface area is 68.8 Å². The van der Waals surface area contributed by atoms with Crippen molar-refractivity contribution in [2.24, 2.45) is 0 Å². The fraction of sp³-hybridized carbons (Fsp3) is 0.429. The summed E-state index contributed by atoms with van der Waals surface area (Å²) in [6, 6.07) is 0. The molecule has 1 rings (SSSR count). The second kappa shape index (κ2) is 3.39. The minimum Gasteiger partial charge on any atom is -0.160 e. The Hall–Kier alpha value is -0.0200. The molecule has 0 amide bonds. The molecule has 0 aliphatic heterocycles. The first-order chi connectivity index (χ1) is 4.79. The third-order valence-electron chi connectivity index (χ3n) is 1.39. The minimum atomic E-state index is 0.364. The van der Waals surface area contributed by atoms with E-state index in [0.29, 0.717) is 12.1 Å². The summed E-state index contributed by atoms with van der Waals surface area (Å²) in [4.78, 5) is 1.98. The lowest BCUT2D eigenvalue weighted by Crippen LogP contribution is -1.75. The van der Waals surface area contributed by atoms with E-state index in [1.165, 1.54) is 0 Å². The van der Waals surface area contributed by atoms with Crippen LogP contribution in [0.5, 0.6) is 0 Å². The molecule has 56 valence electrons. The molecule has 0 bridgehead atoms. The molecule has 1 heterocycles. The fourth-order valence-corrected chi connectivity index (χ4v) is 2.43. The molecular weight excluding hydrogens is 167 g/mol.